The largest absolute Gasteiger partial charge is 0.493 e. The number of carbonyl (C=O) groups is 1. The molecule has 0 atom stereocenters. The maximum absolute atomic E-state index is 13.2. The van der Waals surface area contributed by atoms with Crippen molar-refractivity contribution < 1.29 is 27.8 Å². The van der Waals surface area contributed by atoms with Gasteiger partial charge in [-0.3, -0.25) is 0 Å². The smallest absolute Gasteiger partial charge is 0.335 e. The molecule has 0 radical (unpaired) electrons. The average molecular weight is 477 g/mol. The summed E-state index contributed by atoms with van der Waals surface area (Å²) in [6.07, 6.45) is 6.37. The van der Waals surface area contributed by atoms with Crippen LogP contribution in [0, 0.1) is 0 Å². The van der Waals surface area contributed by atoms with Gasteiger partial charge in [-0.2, -0.15) is 0 Å². The van der Waals surface area contributed by atoms with E-state index in [1.165, 1.54) is 18.2 Å². The molecule has 1 fully saturated rings. The molecule has 0 spiro atoms. The fourth-order valence-electron chi connectivity index (χ4n) is 4.08. The fraction of sp³-hybridized carbons (Fsp3) is 0.458. The van der Waals surface area contributed by atoms with Crippen molar-refractivity contribution in [3.05, 3.63) is 47.5 Å². The summed E-state index contributed by atoms with van der Waals surface area (Å²) in [4.78, 5) is 11.4. The van der Waals surface area contributed by atoms with Crippen molar-refractivity contribution >= 4 is 21.7 Å². The molecule has 1 aliphatic rings. The number of carboxylic acids is 1. The third kappa shape index (κ3) is 6.61. The van der Waals surface area contributed by atoms with E-state index in [1.807, 2.05) is 18.2 Å². The molecule has 2 aromatic carbocycles. The van der Waals surface area contributed by atoms with Gasteiger partial charge in [0.05, 0.1) is 25.5 Å². The first-order valence-electron chi connectivity index (χ1n) is 11.2. The quantitative estimate of drug-likeness (QED) is 0.443. The summed E-state index contributed by atoms with van der Waals surface area (Å²) in [5.74, 6) is 0.0888. The van der Waals surface area contributed by atoms with Gasteiger partial charge in [0.1, 0.15) is 4.90 Å². The number of benzene rings is 2. The van der Waals surface area contributed by atoms with Gasteiger partial charge in [-0.05, 0) is 55.2 Å². The minimum Gasteiger partial charge on any atom is -0.493 e. The molecule has 3 rings (SSSR count). The van der Waals surface area contributed by atoms with Crippen molar-refractivity contribution in [2.75, 3.05) is 26.1 Å². The summed E-state index contributed by atoms with van der Waals surface area (Å²) in [7, 11) is -0.744. The van der Waals surface area contributed by atoms with Crippen molar-refractivity contribution in [1.29, 1.82) is 0 Å². The highest BCUT2D eigenvalue weighted by atomic mass is 32.2. The standard InChI is InChI=1S/C24H32N2O6S/c1-31-21-12-9-17(15-22(21)32-2)13-14-25-20-11-10-18(24(27)28)16-23(20)33(29,30)26-19-7-5-3-4-6-8-19/h9-12,15-16,19,25-26H,3-8,13-14H2,1-2H3,(H,27,28). The van der Waals surface area contributed by atoms with Gasteiger partial charge in [0.15, 0.2) is 11.5 Å². The zero-order chi connectivity index (χ0) is 23.8. The zero-order valence-corrected chi connectivity index (χ0v) is 19.9. The molecular weight excluding hydrogens is 444 g/mol. The predicted octanol–water partition coefficient (Wildman–Crippen LogP) is 4.06. The van der Waals surface area contributed by atoms with Crippen molar-refractivity contribution in [3.8, 4) is 11.5 Å². The molecule has 3 N–H and O–H groups in total. The first-order valence-corrected chi connectivity index (χ1v) is 12.7. The number of hydrogen-bond acceptors (Lipinski definition) is 6. The summed E-state index contributed by atoms with van der Waals surface area (Å²) >= 11 is 0. The van der Waals surface area contributed by atoms with Gasteiger partial charge in [0, 0.05) is 12.6 Å². The minimum atomic E-state index is -3.89. The third-order valence-electron chi connectivity index (χ3n) is 5.87. The van der Waals surface area contributed by atoms with E-state index >= 15 is 0 Å². The molecule has 2 aromatic rings. The van der Waals surface area contributed by atoms with Crippen LogP contribution in [0.25, 0.3) is 0 Å². The molecule has 1 saturated carbocycles. The minimum absolute atomic E-state index is 0.0426. The second-order valence-electron chi connectivity index (χ2n) is 8.19. The highest BCUT2D eigenvalue weighted by Gasteiger charge is 2.25. The molecule has 33 heavy (non-hydrogen) atoms. The first kappa shape index (κ1) is 24.9. The SMILES string of the molecule is COc1ccc(CCNc2ccc(C(=O)O)cc2S(=O)(=O)NC2CCCCCC2)cc1OC. The second-order valence-corrected chi connectivity index (χ2v) is 9.87. The van der Waals surface area contributed by atoms with Crippen LogP contribution < -0.4 is 19.5 Å². The number of methoxy groups -OCH3 is 2. The summed E-state index contributed by atoms with van der Waals surface area (Å²) in [6, 6.07) is 9.63. The number of hydrogen-bond donors (Lipinski definition) is 3. The van der Waals surface area contributed by atoms with Crippen LogP contribution in [0.1, 0.15) is 54.4 Å². The first-order chi connectivity index (χ1) is 15.8. The van der Waals surface area contributed by atoms with Crippen LogP contribution in [-0.4, -0.2) is 46.3 Å². The third-order valence-corrected chi connectivity index (χ3v) is 7.43. The van der Waals surface area contributed by atoms with Crippen molar-refractivity contribution in [2.45, 2.75) is 55.9 Å². The number of carboxylic acid groups (broad SMARTS) is 1. The number of sulfonamides is 1. The molecule has 180 valence electrons. The Morgan fingerprint density at radius 3 is 2.33 bits per heavy atom. The molecule has 0 aromatic heterocycles. The van der Waals surface area contributed by atoms with E-state index < -0.39 is 16.0 Å². The van der Waals surface area contributed by atoms with Crippen molar-refractivity contribution in [1.82, 2.24) is 4.72 Å². The molecule has 8 nitrogen and oxygen atoms in total. The second kappa shape index (κ2) is 11.4. The van der Waals surface area contributed by atoms with Gasteiger partial charge >= 0.3 is 5.97 Å². The lowest BCUT2D eigenvalue weighted by molar-refractivity contribution is 0.0696. The number of rotatable bonds is 10. The number of aromatic carboxylic acids is 1. The maximum atomic E-state index is 13.2. The van der Waals surface area contributed by atoms with Crippen LogP contribution >= 0.6 is 0 Å². The Morgan fingerprint density at radius 1 is 1.00 bits per heavy atom. The van der Waals surface area contributed by atoms with E-state index in [9.17, 15) is 18.3 Å². The zero-order valence-electron chi connectivity index (χ0n) is 19.1. The van der Waals surface area contributed by atoms with Gasteiger partial charge in [-0.1, -0.05) is 31.7 Å². The summed E-state index contributed by atoms with van der Waals surface area (Å²) in [6.45, 7) is 0.452. The average Bonchev–Trinajstić information content (AvgIpc) is 3.07. The number of anilines is 1. The Kier molecular flexibility index (Phi) is 8.57. The molecule has 0 aliphatic heterocycles. The molecule has 9 heteroatoms. The lowest BCUT2D eigenvalue weighted by Crippen LogP contribution is -2.35. The molecule has 0 unspecified atom stereocenters. The van der Waals surface area contributed by atoms with Crippen LogP contribution in [0.2, 0.25) is 0 Å². The fourth-order valence-corrected chi connectivity index (χ4v) is 5.59. The highest BCUT2D eigenvalue weighted by molar-refractivity contribution is 7.89. The number of nitrogens with one attached hydrogen (secondary N) is 2. The van der Waals surface area contributed by atoms with E-state index in [1.54, 1.807) is 14.2 Å². The van der Waals surface area contributed by atoms with Crippen molar-refractivity contribution in [3.63, 3.8) is 0 Å². The molecule has 0 bridgehead atoms. The Labute approximate surface area is 195 Å². The Bertz CT molecular complexity index is 1060. The molecule has 1 aliphatic carbocycles. The molecule has 0 heterocycles. The predicted molar refractivity (Wildman–Crippen MR) is 127 cm³/mol. The van der Waals surface area contributed by atoms with E-state index in [-0.39, 0.29) is 16.5 Å². The maximum Gasteiger partial charge on any atom is 0.335 e. The Morgan fingerprint density at radius 2 is 1.70 bits per heavy atom. The van der Waals surface area contributed by atoms with E-state index in [0.29, 0.717) is 30.2 Å². The van der Waals surface area contributed by atoms with Gasteiger partial charge in [0.2, 0.25) is 10.0 Å². The lowest BCUT2D eigenvalue weighted by atomic mass is 10.1. The van der Waals surface area contributed by atoms with Gasteiger partial charge in [-0.15, -0.1) is 0 Å². The topological polar surface area (TPSA) is 114 Å². The highest BCUT2D eigenvalue weighted by Crippen LogP contribution is 2.28. The van der Waals surface area contributed by atoms with E-state index in [2.05, 4.69) is 10.0 Å². The van der Waals surface area contributed by atoms with Gasteiger partial charge in [-0.25, -0.2) is 17.9 Å². The van der Waals surface area contributed by atoms with Crippen LogP contribution in [0.15, 0.2) is 41.3 Å². The summed E-state index contributed by atoms with van der Waals surface area (Å²) in [5.41, 5.74) is 1.30. The van der Waals surface area contributed by atoms with Crippen LogP contribution in [-0.2, 0) is 16.4 Å². The van der Waals surface area contributed by atoms with E-state index in [4.69, 9.17) is 9.47 Å². The molecule has 0 saturated heterocycles. The van der Waals surface area contributed by atoms with Gasteiger partial charge in [0.25, 0.3) is 0 Å². The van der Waals surface area contributed by atoms with E-state index in [0.717, 1.165) is 44.1 Å². The Hall–Kier alpha value is -2.78. The van der Waals surface area contributed by atoms with Crippen LogP contribution in [0.3, 0.4) is 0 Å². The van der Waals surface area contributed by atoms with Crippen molar-refractivity contribution in [2.24, 2.45) is 0 Å². The molecule has 0 amide bonds. The normalized spacial score (nSPS) is 15.0. The van der Waals surface area contributed by atoms with Gasteiger partial charge < -0.3 is 19.9 Å². The number of ether oxygens (including phenoxy) is 2. The summed E-state index contributed by atoms with van der Waals surface area (Å²) in [5, 5.41) is 12.5. The Balaban J connectivity index is 1.78. The monoisotopic (exact) mass is 476 g/mol. The lowest BCUT2D eigenvalue weighted by Gasteiger charge is -2.19. The summed E-state index contributed by atoms with van der Waals surface area (Å²) < 4.78 is 39.8. The molecular formula is C24H32N2O6S. The van der Waals surface area contributed by atoms with Crippen LogP contribution in [0.4, 0.5) is 5.69 Å². The van der Waals surface area contributed by atoms with Crippen LogP contribution in [0.5, 0.6) is 11.5 Å².